The third kappa shape index (κ3) is 14.0. The van der Waals surface area contributed by atoms with Crippen molar-refractivity contribution in [3.8, 4) is 0 Å². The van der Waals surface area contributed by atoms with E-state index in [1.165, 1.54) is 69.7 Å². The van der Waals surface area contributed by atoms with Crippen molar-refractivity contribution in [1.29, 1.82) is 0 Å². The second kappa shape index (κ2) is 26.3. The van der Waals surface area contributed by atoms with Crippen LogP contribution in [-0.4, -0.2) is 248 Å². The van der Waals surface area contributed by atoms with E-state index in [1.807, 2.05) is 0 Å². The minimum Gasteiger partial charge on any atom is -0.394 e. The second-order valence-corrected chi connectivity index (χ2v) is 17.9. The van der Waals surface area contributed by atoms with Gasteiger partial charge in [0.25, 0.3) is 23.6 Å². The van der Waals surface area contributed by atoms with Crippen LogP contribution in [0.3, 0.4) is 0 Å². The van der Waals surface area contributed by atoms with E-state index < -0.39 is 118 Å². The minimum atomic E-state index is -2.15. The number of hydrogen-bond acceptors (Lipinski definition) is 17. The van der Waals surface area contributed by atoms with Crippen molar-refractivity contribution in [1.82, 2.24) is 19.6 Å². The van der Waals surface area contributed by atoms with Gasteiger partial charge in [-0.3, -0.25) is 28.8 Å². The molecule has 0 aliphatic rings. The average molecular weight is 995 g/mol. The van der Waals surface area contributed by atoms with Gasteiger partial charge in [0, 0.05) is 90.5 Å². The Kier molecular flexibility index (Phi) is 22.9. The van der Waals surface area contributed by atoms with E-state index >= 15 is 0 Å². The van der Waals surface area contributed by atoms with Gasteiger partial charge in [0.1, 0.15) is 18.3 Å². The monoisotopic (exact) mass is 995 g/mol. The molecule has 0 bridgehead atoms. The molecule has 0 saturated carbocycles. The number of hydrogen-bond donors (Lipinski definition) is 11. The Bertz CT molecular complexity index is 1960. The standard InChI is InChI=1S/C47H74N6O17/c1-23-37(44(67)48(9)13-31(60)19-54)25(3)41(26(4)38(23)45(68)49(10)14-32(61)20-55)52(29(7)58)17-35(64)43(66)36(65)18-53(30(8)59)42-27(5)39(46(69)50(11)15-33(62)21-56)24(2)40(28(42)6)47(70)51(12)16-34(63)22-57/h31-36,43,54-57,60-66H,13-22H2,1-12H3. The topological polar surface area (TPSA) is 344 Å². The van der Waals surface area contributed by atoms with Gasteiger partial charge in [0.05, 0.1) is 75.3 Å². The van der Waals surface area contributed by atoms with Crippen LogP contribution >= 0.6 is 0 Å². The molecule has 2 aromatic rings. The predicted molar refractivity (Wildman–Crippen MR) is 256 cm³/mol. The summed E-state index contributed by atoms with van der Waals surface area (Å²) >= 11 is 0. The molecule has 6 amide bonds. The van der Waals surface area contributed by atoms with Gasteiger partial charge in [-0.05, 0) is 74.9 Å². The fourth-order valence-corrected chi connectivity index (χ4v) is 8.70. The number of rotatable bonds is 24. The molecular formula is C47H74N6O17. The first-order chi connectivity index (χ1) is 32.5. The summed E-state index contributed by atoms with van der Waals surface area (Å²) in [7, 11) is 5.34. The molecule has 0 heterocycles. The number of aliphatic hydroxyl groups is 11. The first-order valence-corrected chi connectivity index (χ1v) is 22.5. The molecule has 0 aliphatic heterocycles. The lowest BCUT2D eigenvalue weighted by Crippen LogP contribution is -2.51. The maximum atomic E-state index is 14.1. The van der Waals surface area contributed by atoms with Gasteiger partial charge in [-0.15, -0.1) is 0 Å². The van der Waals surface area contributed by atoms with Crippen molar-refractivity contribution in [3.05, 3.63) is 55.6 Å². The lowest BCUT2D eigenvalue weighted by molar-refractivity contribution is -0.117. The van der Waals surface area contributed by atoms with Crippen molar-refractivity contribution in [2.75, 3.05) is 104 Å². The number of amides is 6. The minimum absolute atomic E-state index is 0.0589. The number of likely N-dealkylation sites (N-methyl/N-ethyl adjacent to an activating group) is 4. The Morgan fingerprint density at radius 3 is 0.743 bits per heavy atom. The van der Waals surface area contributed by atoms with E-state index in [2.05, 4.69) is 0 Å². The molecule has 6 unspecified atom stereocenters. The fraction of sp³-hybridized carbons (Fsp3) is 0.617. The SMILES string of the molecule is CC(=O)N(CC(O)C(O)C(O)CN(C(C)=O)c1c(C)c(C(=O)N(C)CC(O)CO)c(C)c(C(=O)N(C)CC(O)CO)c1C)c1c(C)c(C(=O)N(C)CC(O)CO)c(C)c(C(=O)N(C)CC(O)CO)c1C. The number of benzene rings is 2. The van der Waals surface area contributed by atoms with E-state index in [4.69, 9.17) is 0 Å². The molecule has 2 aromatic carbocycles. The maximum absolute atomic E-state index is 14.1. The number of aliphatic hydroxyl groups excluding tert-OH is 11. The largest absolute Gasteiger partial charge is 0.394 e. The van der Waals surface area contributed by atoms with Gasteiger partial charge in [-0.1, -0.05) is 0 Å². The van der Waals surface area contributed by atoms with E-state index in [0.29, 0.717) is 0 Å². The molecule has 70 heavy (non-hydrogen) atoms. The van der Waals surface area contributed by atoms with E-state index in [0.717, 1.165) is 43.2 Å². The highest BCUT2D eigenvalue weighted by molar-refractivity contribution is 6.09. The molecule has 0 spiro atoms. The Labute approximate surface area is 408 Å². The first kappa shape index (κ1) is 60.9. The molecule has 0 saturated heterocycles. The van der Waals surface area contributed by atoms with Crippen LogP contribution < -0.4 is 9.80 Å². The summed E-state index contributed by atoms with van der Waals surface area (Å²) in [5.74, 6) is -4.47. The predicted octanol–water partition coefficient (Wildman–Crippen LogP) is -3.27. The molecule has 23 heteroatoms. The summed E-state index contributed by atoms with van der Waals surface area (Å²) in [4.78, 5) is 90.0. The summed E-state index contributed by atoms with van der Waals surface area (Å²) in [6.45, 7) is 5.38. The Hall–Kier alpha value is -5.18. The highest BCUT2D eigenvalue weighted by Crippen LogP contribution is 2.38. The zero-order valence-corrected chi connectivity index (χ0v) is 42.2. The van der Waals surface area contributed by atoms with E-state index in [1.54, 1.807) is 0 Å². The molecule has 0 aromatic heterocycles. The van der Waals surface area contributed by atoms with Crippen molar-refractivity contribution < 1.29 is 84.9 Å². The van der Waals surface area contributed by atoms with Crippen LogP contribution in [0.4, 0.5) is 11.4 Å². The number of anilines is 2. The van der Waals surface area contributed by atoms with Crippen LogP contribution in [0.5, 0.6) is 0 Å². The molecule has 0 radical (unpaired) electrons. The highest BCUT2D eigenvalue weighted by atomic mass is 16.4. The van der Waals surface area contributed by atoms with E-state index in [9.17, 15) is 84.9 Å². The Morgan fingerprint density at radius 1 is 0.371 bits per heavy atom. The van der Waals surface area contributed by atoms with Crippen LogP contribution in [0, 0.1) is 41.5 Å². The lowest BCUT2D eigenvalue weighted by atomic mass is 9.88. The van der Waals surface area contributed by atoms with Crippen LogP contribution in [0.25, 0.3) is 0 Å². The van der Waals surface area contributed by atoms with Crippen LogP contribution in [0.2, 0.25) is 0 Å². The fourth-order valence-electron chi connectivity index (χ4n) is 8.70. The molecule has 394 valence electrons. The third-order valence-electron chi connectivity index (χ3n) is 12.3. The molecule has 11 N–H and O–H groups in total. The number of carbonyl (C=O) groups is 6. The summed E-state index contributed by atoms with van der Waals surface area (Å²) < 4.78 is 0. The Morgan fingerprint density at radius 2 is 0.571 bits per heavy atom. The van der Waals surface area contributed by atoms with E-state index in [-0.39, 0.29) is 93.2 Å². The molecular weight excluding hydrogens is 921 g/mol. The smallest absolute Gasteiger partial charge is 0.254 e. The van der Waals surface area contributed by atoms with Crippen LogP contribution in [-0.2, 0) is 9.59 Å². The molecule has 0 fully saturated rings. The molecule has 2 rings (SSSR count). The van der Waals surface area contributed by atoms with Gasteiger partial charge in [-0.25, -0.2) is 0 Å². The van der Waals surface area contributed by atoms with Gasteiger partial charge < -0.3 is 85.6 Å². The maximum Gasteiger partial charge on any atom is 0.254 e. The lowest BCUT2D eigenvalue weighted by Gasteiger charge is -2.35. The quantitative estimate of drug-likeness (QED) is 0.0491. The van der Waals surface area contributed by atoms with Gasteiger partial charge in [0.2, 0.25) is 11.8 Å². The highest BCUT2D eigenvalue weighted by Gasteiger charge is 2.37. The van der Waals surface area contributed by atoms with Crippen molar-refractivity contribution >= 4 is 46.8 Å². The molecule has 0 aliphatic carbocycles. The first-order valence-electron chi connectivity index (χ1n) is 22.5. The zero-order valence-electron chi connectivity index (χ0n) is 42.2. The number of carbonyl (C=O) groups excluding carboxylic acids is 6. The van der Waals surface area contributed by atoms with Crippen LogP contribution in [0.1, 0.15) is 88.7 Å². The van der Waals surface area contributed by atoms with Crippen molar-refractivity contribution in [2.24, 2.45) is 0 Å². The summed E-state index contributed by atoms with van der Waals surface area (Å²) in [6, 6.07) is 0. The summed E-state index contributed by atoms with van der Waals surface area (Å²) in [5, 5.41) is 113. The van der Waals surface area contributed by atoms with Gasteiger partial charge in [-0.2, -0.15) is 0 Å². The van der Waals surface area contributed by atoms with Crippen molar-refractivity contribution in [2.45, 2.75) is 98.1 Å². The number of nitrogens with zero attached hydrogens (tertiary/aromatic N) is 6. The van der Waals surface area contributed by atoms with Gasteiger partial charge in [0.15, 0.2) is 0 Å². The molecule has 23 nitrogen and oxygen atoms in total. The zero-order chi connectivity index (χ0) is 54.0. The van der Waals surface area contributed by atoms with Crippen molar-refractivity contribution in [3.63, 3.8) is 0 Å². The normalized spacial score (nSPS) is 14.4. The average Bonchev–Trinajstić information content (AvgIpc) is 3.29. The summed E-state index contributed by atoms with van der Waals surface area (Å²) in [6.07, 6.45) is -11.6. The third-order valence-corrected chi connectivity index (χ3v) is 12.3. The summed E-state index contributed by atoms with van der Waals surface area (Å²) in [5.41, 5.74) is 0.227. The molecule has 6 atom stereocenters. The Balaban J connectivity index is 2.85. The van der Waals surface area contributed by atoms with Gasteiger partial charge >= 0.3 is 0 Å². The van der Waals surface area contributed by atoms with Crippen LogP contribution in [0.15, 0.2) is 0 Å². The second-order valence-electron chi connectivity index (χ2n) is 17.9.